The van der Waals surface area contributed by atoms with E-state index in [1.165, 1.54) is 24.3 Å². The van der Waals surface area contributed by atoms with Gasteiger partial charge in [0.05, 0.1) is 0 Å². The minimum Gasteiger partial charge on any atom is -0.316 e. The summed E-state index contributed by atoms with van der Waals surface area (Å²) in [5.74, 6) is 1.15. The van der Waals surface area contributed by atoms with Gasteiger partial charge in [-0.1, -0.05) is 18.2 Å². The van der Waals surface area contributed by atoms with Crippen LogP contribution in [0, 0.1) is 0 Å². The normalized spacial score (nSPS) is 11.0. The van der Waals surface area contributed by atoms with Gasteiger partial charge in [-0.05, 0) is 52.2 Å². The molecular formula is C14H24N2S. The first-order chi connectivity index (χ1) is 8.29. The maximum Gasteiger partial charge on any atom is 0.0106 e. The van der Waals surface area contributed by atoms with Crippen LogP contribution in [0.25, 0.3) is 0 Å². The Kier molecular flexibility index (Phi) is 8.14. The highest BCUT2D eigenvalue weighted by molar-refractivity contribution is 7.99. The zero-order valence-corrected chi connectivity index (χ0v) is 11.8. The first kappa shape index (κ1) is 14.6. The van der Waals surface area contributed by atoms with E-state index >= 15 is 0 Å². The van der Waals surface area contributed by atoms with Crippen LogP contribution in [-0.2, 0) is 0 Å². The quantitative estimate of drug-likeness (QED) is 0.537. The number of thioether (sulfide) groups is 1. The van der Waals surface area contributed by atoms with Gasteiger partial charge in [0.1, 0.15) is 0 Å². The molecule has 96 valence electrons. The predicted octanol–water partition coefficient (Wildman–Crippen LogP) is 2.71. The molecule has 1 rings (SSSR count). The van der Waals surface area contributed by atoms with Crippen molar-refractivity contribution in [1.29, 1.82) is 0 Å². The van der Waals surface area contributed by atoms with E-state index in [0.717, 1.165) is 18.8 Å². The number of rotatable bonds is 9. The van der Waals surface area contributed by atoms with Crippen LogP contribution in [0.4, 0.5) is 0 Å². The molecule has 3 heteroatoms. The zero-order chi connectivity index (χ0) is 12.3. The van der Waals surface area contributed by atoms with E-state index in [0.29, 0.717) is 0 Å². The van der Waals surface area contributed by atoms with Crippen molar-refractivity contribution in [1.82, 2.24) is 10.2 Å². The second kappa shape index (κ2) is 9.51. The molecule has 1 N–H and O–H groups in total. The molecule has 0 aliphatic rings. The molecule has 0 saturated carbocycles. The number of hydrogen-bond acceptors (Lipinski definition) is 3. The average Bonchev–Trinajstić information content (AvgIpc) is 2.33. The van der Waals surface area contributed by atoms with Crippen LogP contribution in [0.5, 0.6) is 0 Å². The first-order valence-corrected chi connectivity index (χ1v) is 7.31. The van der Waals surface area contributed by atoms with Gasteiger partial charge in [-0.2, -0.15) is 0 Å². The number of nitrogens with zero attached hydrogens (tertiary/aromatic N) is 1. The maximum absolute atomic E-state index is 3.49. The third-order valence-electron chi connectivity index (χ3n) is 2.50. The number of hydrogen-bond donors (Lipinski definition) is 1. The van der Waals surface area contributed by atoms with Gasteiger partial charge < -0.3 is 10.2 Å². The Morgan fingerprint density at radius 2 is 1.82 bits per heavy atom. The monoisotopic (exact) mass is 252 g/mol. The van der Waals surface area contributed by atoms with Crippen LogP contribution in [-0.4, -0.2) is 44.4 Å². The average molecular weight is 252 g/mol. The molecule has 1 aromatic rings. The Balaban J connectivity index is 1.88. The molecule has 0 aromatic heterocycles. The highest BCUT2D eigenvalue weighted by atomic mass is 32.2. The fourth-order valence-electron chi connectivity index (χ4n) is 1.56. The van der Waals surface area contributed by atoms with Crippen LogP contribution in [0.15, 0.2) is 35.2 Å². The molecule has 0 aliphatic heterocycles. The second-order valence-corrected chi connectivity index (χ2v) is 5.59. The van der Waals surface area contributed by atoms with Crippen LogP contribution in [0.1, 0.15) is 12.8 Å². The summed E-state index contributed by atoms with van der Waals surface area (Å²) in [5, 5.41) is 3.49. The van der Waals surface area contributed by atoms with Crippen LogP contribution in [0.3, 0.4) is 0 Å². The first-order valence-electron chi connectivity index (χ1n) is 6.32. The summed E-state index contributed by atoms with van der Waals surface area (Å²) < 4.78 is 0. The Bertz CT molecular complexity index is 275. The van der Waals surface area contributed by atoms with Crippen molar-refractivity contribution in [3.63, 3.8) is 0 Å². The Morgan fingerprint density at radius 1 is 1.06 bits per heavy atom. The summed E-state index contributed by atoms with van der Waals surface area (Å²) >= 11 is 1.92. The van der Waals surface area contributed by atoms with Gasteiger partial charge >= 0.3 is 0 Å². The standard InChI is InChI=1S/C14H24N2S/c1-16(2)12-7-6-10-15-11-13-17-14-8-4-3-5-9-14/h3-5,8-9,15H,6-7,10-13H2,1-2H3. The van der Waals surface area contributed by atoms with Crippen molar-refractivity contribution in [2.45, 2.75) is 17.7 Å². The third-order valence-corrected chi connectivity index (χ3v) is 3.51. The molecule has 2 nitrogen and oxygen atoms in total. The Labute approximate surface area is 110 Å². The van der Waals surface area contributed by atoms with Gasteiger partial charge in [0.25, 0.3) is 0 Å². The van der Waals surface area contributed by atoms with E-state index in [1.807, 2.05) is 11.8 Å². The fraction of sp³-hybridized carbons (Fsp3) is 0.571. The SMILES string of the molecule is CN(C)CCCCNCCSc1ccccc1. The summed E-state index contributed by atoms with van der Waals surface area (Å²) in [6, 6.07) is 10.6. The topological polar surface area (TPSA) is 15.3 Å². The van der Waals surface area contributed by atoms with E-state index in [1.54, 1.807) is 0 Å². The smallest absolute Gasteiger partial charge is 0.0106 e. The van der Waals surface area contributed by atoms with Crippen LogP contribution in [0.2, 0.25) is 0 Å². The van der Waals surface area contributed by atoms with Crippen molar-refractivity contribution in [2.24, 2.45) is 0 Å². The van der Waals surface area contributed by atoms with Crippen LogP contribution < -0.4 is 5.32 Å². The lowest BCUT2D eigenvalue weighted by atomic mass is 10.3. The zero-order valence-electron chi connectivity index (χ0n) is 11.0. The van der Waals surface area contributed by atoms with Crippen molar-refractivity contribution in [3.8, 4) is 0 Å². The van der Waals surface area contributed by atoms with E-state index in [9.17, 15) is 0 Å². The molecule has 17 heavy (non-hydrogen) atoms. The van der Waals surface area contributed by atoms with Crippen molar-refractivity contribution in [3.05, 3.63) is 30.3 Å². The molecule has 0 spiro atoms. The number of unbranched alkanes of at least 4 members (excludes halogenated alkanes) is 1. The van der Waals surface area contributed by atoms with Gasteiger partial charge in [-0.25, -0.2) is 0 Å². The summed E-state index contributed by atoms with van der Waals surface area (Å²) in [4.78, 5) is 3.60. The highest BCUT2D eigenvalue weighted by Gasteiger charge is 1.93. The molecule has 0 unspecified atom stereocenters. The van der Waals surface area contributed by atoms with Crippen molar-refractivity contribution >= 4 is 11.8 Å². The molecule has 0 atom stereocenters. The van der Waals surface area contributed by atoms with E-state index in [2.05, 4.69) is 54.6 Å². The third kappa shape index (κ3) is 8.25. The largest absolute Gasteiger partial charge is 0.316 e. The van der Waals surface area contributed by atoms with E-state index < -0.39 is 0 Å². The lowest BCUT2D eigenvalue weighted by molar-refractivity contribution is 0.392. The van der Waals surface area contributed by atoms with E-state index in [4.69, 9.17) is 0 Å². The molecule has 0 amide bonds. The molecular weight excluding hydrogens is 228 g/mol. The van der Waals surface area contributed by atoms with Gasteiger partial charge in [-0.3, -0.25) is 0 Å². The summed E-state index contributed by atoms with van der Waals surface area (Å²) in [6.07, 6.45) is 2.56. The minimum atomic E-state index is 1.10. The molecule has 0 radical (unpaired) electrons. The maximum atomic E-state index is 3.49. The molecule has 0 heterocycles. The summed E-state index contributed by atoms with van der Waals surface area (Å²) in [5.41, 5.74) is 0. The molecule has 0 bridgehead atoms. The Morgan fingerprint density at radius 3 is 2.53 bits per heavy atom. The molecule has 0 saturated heterocycles. The van der Waals surface area contributed by atoms with Gasteiger partial charge in [-0.15, -0.1) is 11.8 Å². The highest BCUT2D eigenvalue weighted by Crippen LogP contribution is 2.15. The minimum absolute atomic E-state index is 1.10. The number of nitrogens with one attached hydrogen (secondary N) is 1. The lowest BCUT2D eigenvalue weighted by Crippen LogP contribution is -2.20. The Hall–Kier alpha value is -0.510. The second-order valence-electron chi connectivity index (χ2n) is 4.42. The van der Waals surface area contributed by atoms with Gasteiger partial charge in [0.2, 0.25) is 0 Å². The van der Waals surface area contributed by atoms with Crippen LogP contribution >= 0.6 is 11.8 Å². The predicted molar refractivity (Wildman–Crippen MR) is 77.8 cm³/mol. The summed E-state index contributed by atoms with van der Waals surface area (Å²) in [6.45, 7) is 3.44. The summed E-state index contributed by atoms with van der Waals surface area (Å²) in [7, 11) is 4.26. The number of benzene rings is 1. The van der Waals surface area contributed by atoms with E-state index in [-0.39, 0.29) is 0 Å². The lowest BCUT2D eigenvalue weighted by Gasteiger charge is -2.09. The van der Waals surface area contributed by atoms with Gasteiger partial charge in [0, 0.05) is 17.2 Å². The molecule has 0 aliphatic carbocycles. The van der Waals surface area contributed by atoms with Crippen molar-refractivity contribution in [2.75, 3.05) is 39.5 Å². The fourth-order valence-corrected chi connectivity index (χ4v) is 2.39. The molecule has 0 fully saturated rings. The van der Waals surface area contributed by atoms with Crippen molar-refractivity contribution < 1.29 is 0 Å². The van der Waals surface area contributed by atoms with Gasteiger partial charge in [0.15, 0.2) is 0 Å². The molecule has 1 aromatic carbocycles.